The molecule has 0 aromatic heterocycles. The monoisotopic (exact) mass is 238 g/mol. The van der Waals surface area contributed by atoms with E-state index in [9.17, 15) is 0 Å². The topological polar surface area (TPSA) is 15.3 Å². The molecule has 1 spiro atoms. The van der Waals surface area contributed by atoms with Crippen molar-refractivity contribution >= 4 is 0 Å². The standard InChI is InChI=1S/C15H30N2/c1-4-13(5-2)17-12-15(9-7-8-10-15)16-11-14(17)6-3/h13-14,16H,4-12H2,1-3H3. The zero-order chi connectivity index (χ0) is 12.3. The molecular formula is C15H30N2. The molecule has 0 amide bonds. The summed E-state index contributed by atoms with van der Waals surface area (Å²) >= 11 is 0. The molecule has 2 nitrogen and oxygen atoms in total. The summed E-state index contributed by atoms with van der Waals surface area (Å²) in [5, 5.41) is 3.89. The zero-order valence-electron chi connectivity index (χ0n) is 12.0. The van der Waals surface area contributed by atoms with Gasteiger partial charge in [0.2, 0.25) is 0 Å². The van der Waals surface area contributed by atoms with Crippen molar-refractivity contribution in [3.63, 3.8) is 0 Å². The molecule has 0 bridgehead atoms. The molecule has 0 radical (unpaired) electrons. The fourth-order valence-electron chi connectivity index (χ4n) is 3.94. The van der Waals surface area contributed by atoms with Gasteiger partial charge in [0, 0.05) is 30.7 Å². The third-order valence-electron chi connectivity index (χ3n) is 5.11. The molecule has 1 N–H and O–H groups in total. The first-order chi connectivity index (χ1) is 8.24. The van der Waals surface area contributed by atoms with E-state index in [1.807, 2.05) is 0 Å². The molecule has 0 aromatic rings. The van der Waals surface area contributed by atoms with E-state index in [1.165, 1.54) is 58.0 Å². The molecule has 2 rings (SSSR count). The van der Waals surface area contributed by atoms with Gasteiger partial charge in [-0.3, -0.25) is 4.90 Å². The van der Waals surface area contributed by atoms with E-state index in [4.69, 9.17) is 0 Å². The van der Waals surface area contributed by atoms with Crippen molar-refractivity contribution in [2.45, 2.75) is 83.3 Å². The molecule has 2 fully saturated rings. The van der Waals surface area contributed by atoms with Crippen LogP contribution in [0, 0.1) is 0 Å². The highest BCUT2D eigenvalue weighted by molar-refractivity contribution is 5.01. The second kappa shape index (κ2) is 5.71. The summed E-state index contributed by atoms with van der Waals surface area (Å²) in [6, 6.07) is 1.57. The number of piperazine rings is 1. The molecule has 0 aromatic carbocycles. The largest absolute Gasteiger partial charge is 0.308 e. The molecule has 1 heterocycles. The summed E-state index contributed by atoms with van der Waals surface area (Å²) < 4.78 is 0. The lowest BCUT2D eigenvalue weighted by atomic mass is 9.89. The molecule has 2 aliphatic rings. The van der Waals surface area contributed by atoms with Crippen LogP contribution < -0.4 is 5.32 Å². The highest BCUT2D eigenvalue weighted by atomic mass is 15.3. The van der Waals surface area contributed by atoms with Gasteiger partial charge in [0.1, 0.15) is 0 Å². The van der Waals surface area contributed by atoms with Gasteiger partial charge < -0.3 is 5.32 Å². The maximum Gasteiger partial charge on any atom is 0.0309 e. The van der Waals surface area contributed by atoms with Crippen molar-refractivity contribution in [3.8, 4) is 0 Å². The number of rotatable bonds is 4. The SMILES string of the molecule is CCC(CC)N1CC2(CCCC2)NCC1CC. The van der Waals surface area contributed by atoms with Crippen molar-refractivity contribution in [2.75, 3.05) is 13.1 Å². The summed E-state index contributed by atoms with van der Waals surface area (Å²) in [6.45, 7) is 9.56. The van der Waals surface area contributed by atoms with Crippen LogP contribution in [0.1, 0.15) is 65.7 Å². The number of nitrogens with one attached hydrogen (secondary N) is 1. The predicted molar refractivity (Wildman–Crippen MR) is 74.4 cm³/mol. The van der Waals surface area contributed by atoms with Crippen molar-refractivity contribution in [1.29, 1.82) is 0 Å². The van der Waals surface area contributed by atoms with E-state index < -0.39 is 0 Å². The minimum absolute atomic E-state index is 0.480. The Morgan fingerprint density at radius 3 is 2.35 bits per heavy atom. The Hall–Kier alpha value is -0.0800. The van der Waals surface area contributed by atoms with Gasteiger partial charge in [0.15, 0.2) is 0 Å². The summed E-state index contributed by atoms with van der Waals surface area (Å²) in [6.07, 6.45) is 9.58. The molecular weight excluding hydrogens is 208 g/mol. The van der Waals surface area contributed by atoms with Gasteiger partial charge in [-0.15, -0.1) is 0 Å². The first-order valence-electron chi connectivity index (χ1n) is 7.75. The van der Waals surface area contributed by atoms with E-state index in [0.29, 0.717) is 5.54 Å². The molecule has 1 atom stereocenters. The number of nitrogens with zero attached hydrogens (tertiary/aromatic N) is 1. The Kier molecular flexibility index (Phi) is 4.48. The zero-order valence-corrected chi connectivity index (χ0v) is 12.0. The summed E-state index contributed by atoms with van der Waals surface area (Å²) in [4.78, 5) is 2.84. The van der Waals surface area contributed by atoms with Crippen LogP contribution in [-0.2, 0) is 0 Å². The summed E-state index contributed by atoms with van der Waals surface area (Å²) in [5.41, 5.74) is 0.480. The lowest BCUT2D eigenvalue weighted by Gasteiger charge is -2.49. The molecule has 2 heteroatoms. The van der Waals surface area contributed by atoms with Crippen molar-refractivity contribution in [2.24, 2.45) is 0 Å². The fourth-order valence-corrected chi connectivity index (χ4v) is 3.94. The van der Waals surface area contributed by atoms with E-state index >= 15 is 0 Å². The molecule has 100 valence electrons. The Morgan fingerprint density at radius 1 is 1.18 bits per heavy atom. The first-order valence-corrected chi connectivity index (χ1v) is 7.75. The predicted octanol–water partition coefficient (Wildman–Crippen LogP) is 3.17. The van der Waals surface area contributed by atoms with Gasteiger partial charge in [0.05, 0.1) is 0 Å². The van der Waals surface area contributed by atoms with Gasteiger partial charge in [0.25, 0.3) is 0 Å². The van der Waals surface area contributed by atoms with E-state index in [0.717, 1.165) is 12.1 Å². The van der Waals surface area contributed by atoms with Crippen molar-refractivity contribution in [1.82, 2.24) is 10.2 Å². The molecule has 1 aliphatic carbocycles. The quantitative estimate of drug-likeness (QED) is 0.809. The highest BCUT2D eigenvalue weighted by Crippen LogP contribution is 2.35. The molecule has 1 saturated heterocycles. The third kappa shape index (κ3) is 2.68. The lowest BCUT2D eigenvalue weighted by Crippen LogP contribution is -2.65. The van der Waals surface area contributed by atoms with Crippen LogP contribution in [0.5, 0.6) is 0 Å². The van der Waals surface area contributed by atoms with Crippen LogP contribution in [0.3, 0.4) is 0 Å². The van der Waals surface area contributed by atoms with Gasteiger partial charge >= 0.3 is 0 Å². The van der Waals surface area contributed by atoms with Gasteiger partial charge in [-0.25, -0.2) is 0 Å². The van der Waals surface area contributed by atoms with E-state index in [-0.39, 0.29) is 0 Å². The Balaban J connectivity index is 2.07. The third-order valence-corrected chi connectivity index (χ3v) is 5.11. The van der Waals surface area contributed by atoms with Crippen molar-refractivity contribution < 1.29 is 0 Å². The Bertz CT molecular complexity index is 222. The molecule has 1 aliphatic heterocycles. The number of hydrogen-bond donors (Lipinski definition) is 1. The normalized spacial score (nSPS) is 29.3. The molecule has 17 heavy (non-hydrogen) atoms. The second-order valence-electron chi connectivity index (χ2n) is 6.07. The number of hydrogen-bond acceptors (Lipinski definition) is 2. The van der Waals surface area contributed by atoms with Crippen LogP contribution in [0.25, 0.3) is 0 Å². The van der Waals surface area contributed by atoms with Gasteiger partial charge in [-0.1, -0.05) is 33.6 Å². The van der Waals surface area contributed by atoms with Crippen molar-refractivity contribution in [3.05, 3.63) is 0 Å². The first kappa shape index (κ1) is 13.4. The van der Waals surface area contributed by atoms with Crippen LogP contribution in [-0.4, -0.2) is 35.6 Å². The van der Waals surface area contributed by atoms with Crippen LogP contribution in [0.4, 0.5) is 0 Å². The van der Waals surface area contributed by atoms with Gasteiger partial charge in [-0.2, -0.15) is 0 Å². The van der Waals surface area contributed by atoms with Crippen LogP contribution in [0.2, 0.25) is 0 Å². The Morgan fingerprint density at radius 2 is 1.82 bits per heavy atom. The minimum atomic E-state index is 0.480. The van der Waals surface area contributed by atoms with Gasteiger partial charge in [-0.05, 0) is 32.1 Å². The van der Waals surface area contributed by atoms with Crippen LogP contribution in [0.15, 0.2) is 0 Å². The fraction of sp³-hybridized carbons (Fsp3) is 1.00. The minimum Gasteiger partial charge on any atom is -0.308 e. The average Bonchev–Trinajstić information content (AvgIpc) is 2.80. The second-order valence-corrected chi connectivity index (χ2v) is 6.07. The van der Waals surface area contributed by atoms with E-state index in [1.54, 1.807) is 0 Å². The van der Waals surface area contributed by atoms with Crippen LogP contribution >= 0.6 is 0 Å². The summed E-state index contributed by atoms with van der Waals surface area (Å²) in [5.74, 6) is 0. The molecule has 1 unspecified atom stereocenters. The average molecular weight is 238 g/mol. The maximum absolute atomic E-state index is 3.89. The van der Waals surface area contributed by atoms with E-state index in [2.05, 4.69) is 31.0 Å². The lowest BCUT2D eigenvalue weighted by molar-refractivity contribution is 0.0375. The Labute approximate surface area is 107 Å². The summed E-state index contributed by atoms with van der Waals surface area (Å²) in [7, 11) is 0. The maximum atomic E-state index is 3.89. The molecule has 1 saturated carbocycles. The smallest absolute Gasteiger partial charge is 0.0309 e. The highest BCUT2D eigenvalue weighted by Gasteiger charge is 2.41.